The summed E-state index contributed by atoms with van der Waals surface area (Å²) in [5.41, 5.74) is 1.84. The van der Waals surface area contributed by atoms with E-state index in [0.717, 1.165) is 29.8 Å². The van der Waals surface area contributed by atoms with Gasteiger partial charge in [-0.05, 0) is 24.6 Å². The first-order chi connectivity index (χ1) is 12.7. The maximum Gasteiger partial charge on any atom is 0.226 e. The van der Waals surface area contributed by atoms with Gasteiger partial charge in [-0.25, -0.2) is 4.98 Å². The molecule has 7 nitrogen and oxygen atoms in total. The molecule has 0 saturated carbocycles. The maximum absolute atomic E-state index is 12.1. The Morgan fingerprint density at radius 1 is 1.35 bits per heavy atom. The van der Waals surface area contributed by atoms with E-state index in [1.807, 2.05) is 22.9 Å². The molecule has 1 aromatic carbocycles. The van der Waals surface area contributed by atoms with Crippen LogP contribution >= 0.6 is 11.6 Å². The van der Waals surface area contributed by atoms with E-state index in [1.165, 1.54) is 0 Å². The topological polar surface area (TPSA) is 84.8 Å². The number of aromatic amines is 1. The Kier molecular flexibility index (Phi) is 4.62. The number of nitrogens with one attached hydrogen (secondary N) is 2. The average Bonchev–Trinajstić information content (AvgIpc) is 3.30. The lowest BCUT2D eigenvalue weighted by Gasteiger charge is -2.24. The van der Waals surface area contributed by atoms with Crippen molar-refractivity contribution in [3.63, 3.8) is 0 Å². The summed E-state index contributed by atoms with van der Waals surface area (Å²) in [5.74, 6) is 1.18. The number of aromatic nitrogens is 4. The number of aryl methyl sites for hydroxylation is 1. The Balaban J connectivity index is 1.53. The standard InChI is InChI=1S/C18H18ClN5O2/c19-12-2-3-16(26-7-1-5-24-6-4-20-11-24)14(8-12)13-9-17(25)22-18-15(13)10-21-23-18/h2-4,6,8,10-11,13H,1,5,7,9H2,(H2,21,22,23,25). The first-order valence-electron chi connectivity index (χ1n) is 8.42. The van der Waals surface area contributed by atoms with Crippen molar-refractivity contribution in [1.29, 1.82) is 0 Å². The molecule has 4 rings (SSSR count). The predicted octanol–water partition coefficient (Wildman–Crippen LogP) is 3.20. The number of benzene rings is 1. The van der Waals surface area contributed by atoms with E-state index in [2.05, 4.69) is 20.5 Å². The highest BCUT2D eigenvalue weighted by molar-refractivity contribution is 6.30. The number of halogens is 1. The number of nitrogens with zero attached hydrogens (tertiary/aromatic N) is 3. The maximum atomic E-state index is 12.1. The number of anilines is 1. The first-order valence-corrected chi connectivity index (χ1v) is 8.79. The molecule has 2 N–H and O–H groups in total. The van der Waals surface area contributed by atoms with Gasteiger partial charge in [-0.2, -0.15) is 5.10 Å². The Bertz CT molecular complexity index is 906. The molecule has 3 aromatic rings. The van der Waals surface area contributed by atoms with Crippen LogP contribution in [0.5, 0.6) is 5.75 Å². The summed E-state index contributed by atoms with van der Waals surface area (Å²) in [4.78, 5) is 16.1. The van der Waals surface area contributed by atoms with Crippen LogP contribution in [-0.4, -0.2) is 32.3 Å². The third kappa shape index (κ3) is 3.43. The first kappa shape index (κ1) is 16.7. The summed E-state index contributed by atoms with van der Waals surface area (Å²) in [6, 6.07) is 5.53. The smallest absolute Gasteiger partial charge is 0.226 e. The summed E-state index contributed by atoms with van der Waals surface area (Å²) in [6.45, 7) is 1.39. The van der Waals surface area contributed by atoms with Gasteiger partial charge < -0.3 is 14.6 Å². The van der Waals surface area contributed by atoms with Crippen molar-refractivity contribution < 1.29 is 9.53 Å². The zero-order chi connectivity index (χ0) is 17.9. The van der Waals surface area contributed by atoms with E-state index < -0.39 is 0 Å². The monoisotopic (exact) mass is 371 g/mol. The molecule has 1 atom stereocenters. The van der Waals surface area contributed by atoms with Gasteiger partial charge in [-0.3, -0.25) is 9.89 Å². The van der Waals surface area contributed by atoms with Crippen molar-refractivity contribution in [2.45, 2.75) is 25.3 Å². The van der Waals surface area contributed by atoms with Crippen molar-refractivity contribution in [1.82, 2.24) is 19.7 Å². The van der Waals surface area contributed by atoms with Crippen molar-refractivity contribution >= 4 is 23.3 Å². The Morgan fingerprint density at radius 2 is 2.27 bits per heavy atom. The molecule has 1 amide bonds. The van der Waals surface area contributed by atoms with Crippen LogP contribution in [0.3, 0.4) is 0 Å². The van der Waals surface area contributed by atoms with Gasteiger partial charge in [0.1, 0.15) is 11.6 Å². The number of carbonyl (C=O) groups is 1. The van der Waals surface area contributed by atoms with Crippen molar-refractivity contribution in [3.8, 4) is 5.75 Å². The zero-order valence-electron chi connectivity index (χ0n) is 14.0. The second kappa shape index (κ2) is 7.21. The molecule has 0 saturated heterocycles. The van der Waals surface area contributed by atoms with Crippen molar-refractivity contribution in [2.75, 3.05) is 11.9 Å². The highest BCUT2D eigenvalue weighted by Crippen LogP contribution is 2.40. The number of hydrogen-bond donors (Lipinski definition) is 2. The van der Waals surface area contributed by atoms with Gasteiger partial charge in [0.2, 0.25) is 5.91 Å². The molecule has 2 aromatic heterocycles. The Morgan fingerprint density at radius 3 is 3.12 bits per heavy atom. The van der Waals surface area contributed by atoms with Crippen LogP contribution in [-0.2, 0) is 11.3 Å². The van der Waals surface area contributed by atoms with Crippen LogP contribution in [0.1, 0.15) is 29.9 Å². The molecule has 0 aliphatic carbocycles. The summed E-state index contributed by atoms with van der Waals surface area (Å²) in [5, 5.41) is 10.3. The third-order valence-corrected chi connectivity index (χ3v) is 4.66. The SMILES string of the molecule is O=C1CC(c2cc(Cl)ccc2OCCCn2ccnc2)c2cn[nH]c2N1. The molecule has 0 bridgehead atoms. The zero-order valence-corrected chi connectivity index (χ0v) is 14.7. The van der Waals surface area contributed by atoms with E-state index in [0.29, 0.717) is 23.9 Å². The lowest BCUT2D eigenvalue weighted by atomic mass is 9.87. The van der Waals surface area contributed by atoms with Crippen molar-refractivity contribution in [2.24, 2.45) is 0 Å². The number of ether oxygens (including phenoxy) is 1. The number of carbonyl (C=O) groups excluding carboxylic acids is 1. The van der Waals surface area contributed by atoms with Crippen molar-refractivity contribution in [3.05, 3.63) is 59.3 Å². The minimum atomic E-state index is -0.139. The van der Waals surface area contributed by atoms with Crippen LogP contribution in [0.25, 0.3) is 0 Å². The van der Waals surface area contributed by atoms with Gasteiger partial charge in [-0.1, -0.05) is 11.6 Å². The number of imidazole rings is 1. The fourth-order valence-electron chi connectivity index (χ4n) is 3.19. The molecule has 3 heterocycles. The number of amides is 1. The summed E-state index contributed by atoms with van der Waals surface area (Å²) < 4.78 is 8.03. The minimum absolute atomic E-state index is 0.0576. The summed E-state index contributed by atoms with van der Waals surface area (Å²) >= 11 is 6.21. The lowest BCUT2D eigenvalue weighted by molar-refractivity contribution is -0.116. The third-order valence-electron chi connectivity index (χ3n) is 4.42. The molecular formula is C18H18ClN5O2. The molecule has 8 heteroatoms. The Hall–Kier alpha value is -2.80. The van der Waals surface area contributed by atoms with Crippen LogP contribution in [0.2, 0.25) is 5.02 Å². The van der Waals surface area contributed by atoms with E-state index in [-0.39, 0.29) is 11.8 Å². The Labute approximate surface area is 155 Å². The van der Waals surface area contributed by atoms with Crippen LogP contribution in [0.4, 0.5) is 5.82 Å². The number of H-pyrrole nitrogens is 1. The van der Waals surface area contributed by atoms with Crippen LogP contribution in [0.15, 0.2) is 43.1 Å². The number of hydrogen-bond acceptors (Lipinski definition) is 4. The predicted molar refractivity (Wildman–Crippen MR) is 97.5 cm³/mol. The molecular weight excluding hydrogens is 354 g/mol. The fraction of sp³-hybridized carbons (Fsp3) is 0.278. The van der Waals surface area contributed by atoms with E-state index in [4.69, 9.17) is 16.3 Å². The normalized spacial score (nSPS) is 16.2. The molecule has 0 radical (unpaired) electrons. The molecule has 0 spiro atoms. The van der Waals surface area contributed by atoms with E-state index in [9.17, 15) is 4.79 Å². The highest BCUT2D eigenvalue weighted by Gasteiger charge is 2.30. The second-order valence-electron chi connectivity index (χ2n) is 6.19. The van der Waals surface area contributed by atoms with Gasteiger partial charge in [0.05, 0.1) is 19.1 Å². The average molecular weight is 372 g/mol. The fourth-order valence-corrected chi connectivity index (χ4v) is 3.37. The molecule has 26 heavy (non-hydrogen) atoms. The quantitative estimate of drug-likeness (QED) is 0.651. The minimum Gasteiger partial charge on any atom is -0.493 e. The number of fused-ring (bicyclic) bond motifs is 1. The molecule has 1 unspecified atom stereocenters. The van der Waals surface area contributed by atoms with Crippen LogP contribution in [0, 0.1) is 0 Å². The van der Waals surface area contributed by atoms with Gasteiger partial charge in [0.15, 0.2) is 0 Å². The van der Waals surface area contributed by atoms with Gasteiger partial charge in [0.25, 0.3) is 0 Å². The van der Waals surface area contributed by atoms with Gasteiger partial charge in [0, 0.05) is 47.4 Å². The van der Waals surface area contributed by atoms with Crippen LogP contribution < -0.4 is 10.1 Å². The lowest BCUT2D eigenvalue weighted by Crippen LogP contribution is -2.23. The van der Waals surface area contributed by atoms with E-state index in [1.54, 1.807) is 24.8 Å². The molecule has 0 fully saturated rings. The second-order valence-corrected chi connectivity index (χ2v) is 6.63. The molecule has 134 valence electrons. The highest BCUT2D eigenvalue weighted by atomic mass is 35.5. The number of rotatable bonds is 6. The summed E-state index contributed by atoms with van der Waals surface area (Å²) in [7, 11) is 0. The summed E-state index contributed by atoms with van der Waals surface area (Å²) in [6.07, 6.45) is 8.39. The van der Waals surface area contributed by atoms with Gasteiger partial charge in [-0.15, -0.1) is 0 Å². The van der Waals surface area contributed by atoms with E-state index >= 15 is 0 Å². The largest absolute Gasteiger partial charge is 0.493 e. The molecule has 1 aliphatic rings. The molecule has 1 aliphatic heterocycles. The van der Waals surface area contributed by atoms with Gasteiger partial charge >= 0.3 is 0 Å².